The van der Waals surface area contributed by atoms with E-state index in [2.05, 4.69) is 15.9 Å². The van der Waals surface area contributed by atoms with E-state index in [0.717, 1.165) is 10.0 Å². The topological polar surface area (TPSA) is 49.8 Å². The third kappa shape index (κ3) is 2.61. The van der Waals surface area contributed by atoms with Crippen LogP contribution < -0.4 is 0 Å². The van der Waals surface area contributed by atoms with E-state index in [0.29, 0.717) is 13.1 Å². The number of hydrogen-bond donors (Lipinski definition) is 1. The van der Waals surface area contributed by atoms with Gasteiger partial charge in [-0.2, -0.15) is 0 Å². The van der Waals surface area contributed by atoms with Crippen LogP contribution in [0, 0.1) is 0 Å². The van der Waals surface area contributed by atoms with Crippen molar-refractivity contribution >= 4 is 22.0 Å². The number of benzene rings is 1. The molecule has 1 aliphatic rings. The van der Waals surface area contributed by atoms with Gasteiger partial charge in [0.15, 0.2) is 5.60 Å². The molecule has 92 valence electrons. The van der Waals surface area contributed by atoms with E-state index in [1.54, 1.807) is 11.8 Å². The monoisotopic (exact) mass is 299 g/mol. The van der Waals surface area contributed by atoms with Crippen LogP contribution in [0.1, 0.15) is 12.5 Å². The molecule has 1 atom stereocenters. The van der Waals surface area contributed by atoms with Gasteiger partial charge in [0.2, 0.25) is 0 Å². The summed E-state index contributed by atoms with van der Waals surface area (Å²) in [5, 5.41) is 9.17. The van der Waals surface area contributed by atoms with Gasteiger partial charge in [-0.25, -0.2) is 4.79 Å². The molecule has 0 radical (unpaired) electrons. The van der Waals surface area contributed by atoms with Gasteiger partial charge in [0.05, 0.1) is 19.7 Å². The summed E-state index contributed by atoms with van der Waals surface area (Å²) in [4.78, 5) is 13.2. The van der Waals surface area contributed by atoms with Crippen LogP contribution in [-0.4, -0.2) is 34.9 Å². The lowest BCUT2D eigenvalue weighted by molar-refractivity contribution is 0.0219. The Labute approximate surface area is 108 Å². The van der Waals surface area contributed by atoms with Crippen molar-refractivity contribution in [3.05, 3.63) is 34.3 Å². The number of hydrogen-bond acceptors (Lipinski definition) is 3. The molecular weight excluding hydrogens is 286 g/mol. The van der Waals surface area contributed by atoms with Crippen LogP contribution in [0.5, 0.6) is 0 Å². The minimum absolute atomic E-state index is 0.162. The molecule has 2 rings (SSSR count). The molecule has 17 heavy (non-hydrogen) atoms. The lowest BCUT2D eigenvalue weighted by Gasteiger charge is -2.18. The molecule has 1 heterocycles. The number of rotatable bonds is 3. The molecule has 4 nitrogen and oxygen atoms in total. The molecule has 1 N–H and O–H groups in total. The maximum atomic E-state index is 11.6. The van der Waals surface area contributed by atoms with E-state index in [-0.39, 0.29) is 12.7 Å². The number of ether oxygens (including phenoxy) is 1. The average molecular weight is 300 g/mol. The highest BCUT2D eigenvalue weighted by atomic mass is 79.9. The summed E-state index contributed by atoms with van der Waals surface area (Å²) in [6.45, 7) is 2.45. The Hall–Kier alpha value is -1.07. The van der Waals surface area contributed by atoms with Crippen molar-refractivity contribution < 1.29 is 14.6 Å². The smallest absolute Gasteiger partial charge is 0.410 e. The highest BCUT2D eigenvalue weighted by Crippen LogP contribution is 2.25. The zero-order valence-corrected chi connectivity index (χ0v) is 11.1. The molecule has 0 bridgehead atoms. The number of cyclic esters (lactones) is 1. The van der Waals surface area contributed by atoms with Gasteiger partial charge in [-0.05, 0) is 18.6 Å². The quantitative estimate of drug-likeness (QED) is 0.930. The molecule has 1 amide bonds. The lowest BCUT2D eigenvalue weighted by Crippen LogP contribution is -2.34. The third-order valence-electron chi connectivity index (χ3n) is 2.77. The second-order valence-electron chi connectivity index (χ2n) is 4.42. The van der Waals surface area contributed by atoms with Crippen molar-refractivity contribution in [2.75, 3.05) is 13.2 Å². The molecule has 0 aromatic heterocycles. The summed E-state index contributed by atoms with van der Waals surface area (Å²) >= 11 is 3.44. The third-order valence-corrected chi connectivity index (χ3v) is 3.54. The van der Waals surface area contributed by atoms with Gasteiger partial charge < -0.3 is 9.84 Å². The standard InChI is InChI=1S/C12H14BrNO3/c1-12(8-15)7-14(11(16)17-12)6-9-4-2-3-5-10(9)13/h2-5,15H,6-8H2,1H3. The minimum Gasteiger partial charge on any atom is -0.439 e. The minimum atomic E-state index is -0.779. The van der Waals surface area contributed by atoms with Crippen molar-refractivity contribution in [3.8, 4) is 0 Å². The first-order valence-corrected chi connectivity index (χ1v) is 6.15. The highest BCUT2D eigenvalue weighted by Gasteiger charge is 2.40. The summed E-state index contributed by atoms with van der Waals surface area (Å²) in [6, 6.07) is 7.73. The molecule has 1 saturated heterocycles. The summed E-state index contributed by atoms with van der Waals surface area (Å²) in [6.07, 6.45) is -0.377. The van der Waals surface area contributed by atoms with E-state index < -0.39 is 5.60 Å². The number of nitrogens with zero attached hydrogens (tertiary/aromatic N) is 1. The van der Waals surface area contributed by atoms with Gasteiger partial charge in [-0.3, -0.25) is 4.90 Å². The zero-order chi connectivity index (χ0) is 12.5. The number of carbonyl (C=O) groups excluding carboxylic acids is 1. The van der Waals surface area contributed by atoms with Crippen molar-refractivity contribution in [2.24, 2.45) is 0 Å². The Morgan fingerprint density at radius 2 is 2.24 bits per heavy atom. The number of carbonyl (C=O) groups is 1. The van der Waals surface area contributed by atoms with Gasteiger partial charge in [-0.15, -0.1) is 0 Å². The van der Waals surface area contributed by atoms with Gasteiger partial charge in [0.25, 0.3) is 0 Å². The van der Waals surface area contributed by atoms with E-state index in [9.17, 15) is 4.79 Å². The number of amides is 1. The van der Waals surface area contributed by atoms with Crippen molar-refractivity contribution in [1.29, 1.82) is 0 Å². The summed E-state index contributed by atoms with van der Waals surface area (Å²) in [5.74, 6) is 0. The van der Waals surface area contributed by atoms with Gasteiger partial charge in [-0.1, -0.05) is 34.1 Å². The Kier molecular flexibility index (Phi) is 3.40. The maximum Gasteiger partial charge on any atom is 0.410 e. The first-order valence-electron chi connectivity index (χ1n) is 5.36. The molecule has 1 fully saturated rings. The summed E-state index contributed by atoms with van der Waals surface area (Å²) in [5.41, 5.74) is 0.241. The molecule has 1 aromatic rings. The largest absolute Gasteiger partial charge is 0.439 e. The normalized spacial score (nSPS) is 23.9. The van der Waals surface area contributed by atoms with Crippen LogP contribution >= 0.6 is 15.9 Å². The zero-order valence-electron chi connectivity index (χ0n) is 9.52. The first kappa shape index (κ1) is 12.4. The first-order chi connectivity index (χ1) is 8.04. The maximum absolute atomic E-state index is 11.6. The van der Waals surface area contributed by atoms with Crippen LogP contribution in [0.25, 0.3) is 0 Å². The molecule has 1 unspecified atom stereocenters. The molecule has 0 saturated carbocycles. The van der Waals surface area contributed by atoms with Crippen LogP contribution in [0.15, 0.2) is 28.7 Å². The predicted molar refractivity (Wildman–Crippen MR) is 66.5 cm³/mol. The fourth-order valence-electron chi connectivity index (χ4n) is 1.81. The molecule has 0 spiro atoms. The molecule has 1 aromatic carbocycles. The van der Waals surface area contributed by atoms with E-state index in [1.165, 1.54) is 0 Å². The second kappa shape index (κ2) is 4.66. The number of halogens is 1. The van der Waals surface area contributed by atoms with E-state index >= 15 is 0 Å². The average Bonchev–Trinajstić information content (AvgIpc) is 2.58. The second-order valence-corrected chi connectivity index (χ2v) is 5.28. The summed E-state index contributed by atoms with van der Waals surface area (Å²) < 4.78 is 6.11. The van der Waals surface area contributed by atoms with E-state index in [1.807, 2.05) is 24.3 Å². The molecule has 5 heteroatoms. The predicted octanol–water partition coefficient (Wildman–Crippen LogP) is 2.15. The van der Waals surface area contributed by atoms with Crippen molar-refractivity contribution in [3.63, 3.8) is 0 Å². The highest BCUT2D eigenvalue weighted by molar-refractivity contribution is 9.10. The van der Waals surface area contributed by atoms with Crippen LogP contribution in [0.3, 0.4) is 0 Å². The Morgan fingerprint density at radius 1 is 1.53 bits per heavy atom. The van der Waals surface area contributed by atoms with Gasteiger partial charge >= 0.3 is 6.09 Å². The van der Waals surface area contributed by atoms with Gasteiger partial charge in [0, 0.05) is 4.47 Å². The number of aliphatic hydroxyl groups excluding tert-OH is 1. The SMILES string of the molecule is CC1(CO)CN(Cc2ccccc2Br)C(=O)O1. The van der Waals surface area contributed by atoms with Crippen molar-refractivity contribution in [2.45, 2.75) is 19.1 Å². The Balaban J connectivity index is 2.11. The number of aliphatic hydroxyl groups is 1. The Bertz CT molecular complexity index is 438. The molecule has 0 aliphatic carbocycles. The Morgan fingerprint density at radius 3 is 2.82 bits per heavy atom. The fraction of sp³-hybridized carbons (Fsp3) is 0.417. The van der Waals surface area contributed by atoms with Crippen LogP contribution in [0.2, 0.25) is 0 Å². The fourth-order valence-corrected chi connectivity index (χ4v) is 2.22. The van der Waals surface area contributed by atoms with E-state index in [4.69, 9.17) is 9.84 Å². The summed E-state index contributed by atoms with van der Waals surface area (Å²) in [7, 11) is 0. The van der Waals surface area contributed by atoms with Crippen molar-refractivity contribution in [1.82, 2.24) is 4.90 Å². The van der Waals surface area contributed by atoms with Crippen LogP contribution in [0.4, 0.5) is 4.79 Å². The van der Waals surface area contributed by atoms with Crippen LogP contribution in [-0.2, 0) is 11.3 Å². The molecular formula is C12H14BrNO3. The lowest BCUT2D eigenvalue weighted by atomic mass is 10.1. The van der Waals surface area contributed by atoms with Gasteiger partial charge in [0.1, 0.15) is 0 Å². The molecule has 1 aliphatic heterocycles.